The van der Waals surface area contributed by atoms with Crippen molar-refractivity contribution in [2.45, 2.75) is 13.5 Å². The van der Waals surface area contributed by atoms with Gasteiger partial charge in [0.25, 0.3) is 0 Å². The van der Waals surface area contributed by atoms with Gasteiger partial charge in [-0.2, -0.15) is 5.26 Å². The normalized spacial score (nSPS) is 11.3. The van der Waals surface area contributed by atoms with Crippen molar-refractivity contribution in [1.82, 2.24) is 0 Å². The quantitative estimate of drug-likeness (QED) is 0.253. The number of hydrogen-bond acceptors (Lipinski definition) is 2. The molecule has 30 heavy (non-hydrogen) atoms. The molecule has 0 aliphatic carbocycles. The van der Waals surface area contributed by atoms with Crippen molar-refractivity contribution >= 4 is 34.0 Å². The molecule has 4 aromatic rings. The zero-order valence-corrected chi connectivity index (χ0v) is 17.4. The minimum atomic E-state index is 0.452. The second-order valence-electron chi connectivity index (χ2n) is 7.12. The van der Waals surface area contributed by atoms with Crippen molar-refractivity contribution in [1.29, 1.82) is 5.26 Å². The summed E-state index contributed by atoms with van der Waals surface area (Å²) >= 11 is 6.35. The van der Waals surface area contributed by atoms with Crippen molar-refractivity contribution in [3.8, 4) is 11.8 Å². The molecule has 4 aromatic carbocycles. The fourth-order valence-electron chi connectivity index (χ4n) is 3.39. The summed E-state index contributed by atoms with van der Waals surface area (Å²) < 4.78 is 6.20. The van der Waals surface area contributed by atoms with Crippen LogP contribution < -0.4 is 4.74 Å². The lowest BCUT2D eigenvalue weighted by molar-refractivity contribution is 0.306. The number of aryl methyl sites for hydroxylation is 1. The summed E-state index contributed by atoms with van der Waals surface area (Å²) in [6.07, 6.45) is 1.87. The van der Waals surface area contributed by atoms with E-state index in [1.54, 1.807) is 6.07 Å². The molecule has 0 aromatic heterocycles. The van der Waals surface area contributed by atoms with Gasteiger partial charge in [-0.25, -0.2) is 0 Å². The topological polar surface area (TPSA) is 33.0 Å². The van der Waals surface area contributed by atoms with Crippen molar-refractivity contribution in [2.75, 3.05) is 0 Å². The first kappa shape index (κ1) is 19.8. The molecule has 0 amide bonds. The first-order valence-corrected chi connectivity index (χ1v) is 10.1. The third-order valence-electron chi connectivity index (χ3n) is 5.02. The fraction of sp³-hybridized carbons (Fsp3) is 0.0741. The molecule has 4 rings (SSSR count). The average molecular weight is 410 g/mol. The Labute approximate surface area is 181 Å². The van der Waals surface area contributed by atoms with E-state index in [-0.39, 0.29) is 0 Å². The maximum Gasteiger partial charge on any atom is 0.127 e. The highest BCUT2D eigenvalue weighted by Gasteiger charge is 2.11. The van der Waals surface area contributed by atoms with E-state index in [0.717, 1.165) is 27.6 Å². The molecule has 0 aliphatic rings. The van der Waals surface area contributed by atoms with Gasteiger partial charge in [-0.1, -0.05) is 90.0 Å². The predicted molar refractivity (Wildman–Crippen MR) is 124 cm³/mol. The van der Waals surface area contributed by atoms with Crippen LogP contribution in [0.2, 0.25) is 5.02 Å². The second kappa shape index (κ2) is 8.86. The molecule has 0 atom stereocenters. The van der Waals surface area contributed by atoms with Gasteiger partial charge in [-0.15, -0.1) is 0 Å². The highest BCUT2D eigenvalue weighted by molar-refractivity contribution is 6.32. The molecule has 0 saturated carbocycles. The zero-order chi connectivity index (χ0) is 20.9. The molecule has 3 heteroatoms. The van der Waals surface area contributed by atoms with Crippen LogP contribution in [0, 0.1) is 18.3 Å². The van der Waals surface area contributed by atoms with Crippen LogP contribution in [0.5, 0.6) is 5.75 Å². The maximum atomic E-state index is 9.84. The molecule has 146 valence electrons. The lowest BCUT2D eigenvalue weighted by Crippen LogP contribution is -1.98. The Hall–Kier alpha value is -3.54. The smallest absolute Gasteiger partial charge is 0.127 e. The minimum Gasteiger partial charge on any atom is -0.488 e. The third-order valence-corrected chi connectivity index (χ3v) is 5.35. The number of nitriles is 1. The number of rotatable bonds is 5. The van der Waals surface area contributed by atoms with Crippen LogP contribution in [-0.4, -0.2) is 0 Å². The van der Waals surface area contributed by atoms with Crippen LogP contribution in [0.1, 0.15) is 22.3 Å². The van der Waals surface area contributed by atoms with Crippen LogP contribution >= 0.6 is 11.6 Å². The van der Waals surface area contributed by atoms with Crippen molar-refractivity contribution < 1.29 is 4.74 Å². The van der Waals surface area contributed by atoms with Gasteiger partial charge in [-0.05, 0) is 41.5 Å². The molecule has 0 unspecified atom stereocenters. The minimum absolute atomic E-state index is 0.452. The summed E-state index contributed by atoms with van der Waals surface area (Å²) in [6, 6.07) is 30.1. The van der Waals surface area contributed by atoms with Gasteiger partial charge in [0.15, 0.2) is 0 Å². The van der Waals surface area contributed by atoms with E-state index >= 15 is 0 Å². The van der Waals surface area contributed by atoms with Gasteiger partial charge in [0.2, 0.25) is 0 Å². The van der Waals surface area contributed by atoms with Crippen LogP contribution in [-0.2, 0) is 6.61 Å². The Morgan fingerprint density at radius 3 is 2.43 bits per heavy atom. The third kappa shape index (κ3) is 4.22. The summed E-state index contributed by atoms with van der Waals surface area (Å²) in [5, 5.41) is 12.5. The van der Waals surface area contributed by atoms with E-state index in [2.05, 4.69) is 43.3 Å². The van der Waals surface area contributed by atoms with Crippen LogP contribution in [0.3, 0.4) is 0 Å². The Morgan fingerprint density at radius 1 is 0.933 bits per heavy atom. The lowest BCUT2D eigenvalue weighted by atomic mass is 9.98. The largest absolute Gasteiger partial charge is 0.488 e. The Kier molecular flexibility index (Phi) is 5.84. The number of fused-ring (bicyclic) bond motifs is 1. The van der Waals surface area contributed by atoms with Crippen LogP contribution in [0.15, 0.2) is 84.9 Å². The lowest BCUT2D eigenvalue weighted by Gasteiger charge is -2.13. The summed E-state index contributed by atoms with van der Waals surface area (Å²) in [4.78, 5) is 0. The van der Waals surface area contributed by atoms with Crippen LogP contribution in [0.4, 0.5) is 0 Å². The van der Waals surface area contributed by atoms with E-state index in [0.29, 0.717) is 22.8 Å². The molecular formula is C27H20ClNO. The van der Waals surface area contributed by atoms with Gasteiger partial charge in [0.1, 0.15) is 12.4 Å². The second-order valence-corrected chi connectivity index (χ2v) is 7.53. The molecule has 0 aliphatic heterocycles. The van der Waals surface area contributed by atoms with Gasteiger partial charge in [-0.3, -0.25) is 0 Å². The number of benzene rings is 4. The molecule has 0 bridgehead atoms. The molecule has 0 fully saturated rings. The van der Waals surface area contributed by atoms with Gasteiger partial charge in [0, 0.05) is 16.1 Å². The summed E-state index contributed by atoms with van der Waals surface area (Å²) in [6.45, 7) is 2.52. The first-order valence-electron chi connectivity index (χ1n) is 9.72. The van der Waals surface area contributed by atoms with E-state index in [4.69, 9.17) is 16.3 Å². The van der Waals surface area contributed by atoms with Gasteiger partial charge in [0.05, 0.1) is 11.6 Å². The average Bonchev–Trinajstić information content (AvgIpc) is 2.78. The zero-order valence-electron chi connectivity index (χ0n) is 16.6. The molecule has 0 spiro atoms. The standard InChI is InChI=1S/C27H20ClNO/c1-19-10-12-20(13-11-19)18-30-27-15-14-21-6-2-3-7-23(21)25(27)16-22(17-29)24-8-4-5-9-26(24)28/h2-16H,18H2,1H3. The van der Waals surface area contributed by atoms with Crippen molar-refractivity contribution in [2.24, 2.45) is 0 Å². The molecule has 2 nitrogen and oxygen atoms in total. The van der Waals surface area contributed by atoms with E-state index in [1.165, 1.54) is 5.56 Å². The molecule has 0 heterocycles. The Balaban J connectivity index is 1.80. The SMILES string of the molecule is Cc1ccc(COc2ccc3ccccc3c2C=C(C#N)c2ccccc2Cl)cc1. The number of ether oxygens (including phenoxy) is 1. The van der Waals surface area contributed by atoms with Crippen LogP contribution in [0.25, 0.3) is 22.4 Å². The Morgan fingerprint density at radius 2 is 1.67 bits per heavy atom. The number of allylic oxidation sites excluding steroid dienone is 1. The molecule has 0 N–H and O–H groups in total. The summed E-state index contributed by atoms with van der Waals surface area (Å²) in [7, 11) is 0. The monoisotopic (exact) mass is 409 g/mol. The highest BCUT2D eigenvalue weighted by Crippen LogP contribution is 2.33. The fourth-order valence-corrected chi connectivity index (χ4v) is 3.63. The number of nitrogens with zero attached hydrogens (tertiary/aromatic N) is 1. The number of hydrogen-bond donors (Lipinski definition) is 0. The van der Waals surface area contributed by atoms with E-state index < -0.39 is 0 Å². The van der Waals surface area contributed by atoms with Crippen molar-refractivity contribution in [3.05, 3.63) is 112 Å². The highest BCUT2D eigenvalue weighted by atomic mass is 35.5. The molecular weight excluding hydrogens is 390 g/mol. The van der Waals surface area contributed by atoms with E-state index in [1.807, 2.05) is 54.6 Å². The summed E-state index contributed by atoms with van der Waals surface area (Å²) in [5.41, 5.74) is 4.38. The number of halogens is 1. The summed E-state index contributed by atoms with van der Waals surface area (Å²) in [5.74, 6) is 0.731. The van der Waals surface area contributed by atoms with E-state index in [9.17, 15) is 5.26 Å². The van der Waals surface area contributed by atoms with Gasteiger partial charge >= 0.3 is 0 Å². The first-order chi connectivity index (χ1) is 14.7. The predicted octanol–water partition coefficient (Wildman–Crippen LogP) is 7.44. The maximum absolute atomic E-state index is 9.84. The molecule has 0 radical (unpaired) electrons. The van der Waals surface area contributed by atoms with Gasteiger partial charge < -0.3 is 4.74 Å². The van der Waals surface area contributed by atoms with Crippen molar-refractivity contribution in [3.63, 3.8) is 0 Å². The molecule has 0 saturated heterocycles. The Bertz CT molecular complexity index is 1270.